The summed E-state index contributed by atoms with van der Waals surface area (Å²) in [5.41, 5.74) is 4.48. The van der Waals surface area contributed by atoms with E-state index in [-0.39, 0.29) is 0 Å². The second-order valence-corrected chi connectivity index (χ2v) is 4.90. The predicted octanol–water partition coefficient (Wildman–Crippen LogP) is 3.76. The van der Waals surface area contributed by atoms with Crippen molar-refractivity contribution in [1.82, 2.24) is 9.97 Å². The van der Waals surface area contributed by atoms with Gasteiger partial charge in [0.15, 0.2) is 0 Å². The van der Waals surface area contributed by atoms with Gasteiger partial charge in [-0.1, -0.05) is 30.3 Å². The van der Waals surface area contributed by atoms with Crippen molar-refractivity contribution in [3.05, 3.63) is 65.9 Å². The molecule has 108 valence electrons. The monoisotopic (exact) mass is 289 g/mol. The fourth-order valence-electron chi connectivity index (χ4n) is 2.33. The van der Waals surface area contributed by atoms with Gasteiger partial charge in [-0.15, -0.1) is 0 Å². The third-order valence-corrected chi connectivity index (χ3v) is 3.41. The van der Waals surface area contributed by atoms with Gasteiger partial charge in [0.2, 0.25) is 0 Å². The molecular weight excluding hydrogens is 274 g/mol. The van der Waals surface area contributed by atoms with Gasteiger partial charge in [-0.3, -0.25) is 0 Å². The zero-order valence-corrected chi connectivity index (χ0v) is 12.2. The first-order valence-electron chi connectivity index (χ1n) is 6.95. The van der Waals surface area contributed by atoms with Crippen molar-refractivity contribution in [1.29, 1.82) is 5.26 Å². The lowest BCUT2D eigenvalue weighted by molar-refractivity contribution is 0.182. The number of H-pyrrole nitrogens is 1. The number of nitrogens with zero attached hydrogens (tertiary/aromatic N) is 2. The van der Waals surface area contributed by atoms with E-state index in [0.29, 0.717) is 12.2 Å². The van der Waals surface area contributed by atoms with Crippen molar-refractivity contribution < 1.29 is 4.74 Å². The van der Waals surface area contributed by atoms with Crippen molar-refractivity contribution in [3.8, 4) is 28.7 Å². The average molecular weight is 289 g/mol. The predicted molar refractivity (Wildman–Crippen MR) is 84.9 cm³/mol. The molecule has 1 aromatic heterocycles. The Labute approximate surface area is 129 Å². The van der Waals surface area contributed by atoms with E-state index in [1.54, 1.807) is 19.2 Å². The maximum absolute atomic E-state index is 8.88. The lowest BCUT2D eigenvalue weighted by Gasteiger charge is -2.01. The number of aromatic amines is 1. The fraction of sp³-hybridized carbons (Fsp3) is 0.111. The summed E-state index contributed by atoms with van der Waals surface area (Å²) < 4.78 is 5.25. The van der Waals surface area contributed by atoms with Gasteiger partial charge in [0.25, 0.3) is 0 Å². The molecule has 0 aliphatic carbocycles. The van der Waals surface area contributed by atoms with E-state index in [1.165, 1.54) is 0 Å². The standard InChI is InChI=1S/C18H15N3O/c1-22-12-16-17(14-5-3-2-4-6-14)21-18(20-16)15-9-7-13(11-19)8-10-15/h2-10H,12H2,1H3,(H,20,21). The highest BCUT2D eigenvalue weighted by atomic mass is 16.5. The van der Waals surface area contributed by atoms with Gasteiger partial charge < -0.3 is 9.72 Å². The molecule has 0 spiro atoms. The molecule has 0 fully saturated rings. The molecule has 22 heavy (non-hydrogen) atoms. The van der Waals surface area contributed by atoms with Gasteiger partial charge in [-0.2, -0.15) is 5.26 Å². The maximum Gasteiger partial charge on any atom is 0.138 e. The summed E-state index contributed by atoms with van der Waals surface area (Å²) in [6.07, 6.45) is 0. The zero-order chi connectivity index (χ0) is 15.4. The van der Waals surface area contributed by atoms with Crippen LogP contribution in [0.2, 0.25) is 0 Å². The van der Waals surface area contributed by atoms with Crippen LogP contribution in [-0.4, -0.2) is 17.1 Å². The number of hydrogen-bond donors (Lipinski definition) is 1. The molecule has 0 bridgehead atoms. The van der Waals surface area contributed by atoms with Crippen LogP contribution in [0.25, 0.3) is 22.6 Å². The Morgan fingerprint density at radius 2 is 1.77 bits per heavy atom. The Hall–Kier alpha value is -2.90. The van der Waals surface area contributed by atoms with Crippen LogP contribution in [-0.2, 0) is 11.3 Å². The number of nitrogens with one attached hydrogen (secondary N) is 1. The first kappa shape index (κ1) is 14.1. The van der Waals surface area contributed by atoms with E-state index in [0.717, 1.165) is 28.3 Å². The van der Waals surface area contributed by atoms with Crippen LogP contribution in [0.1, 0.15) is 11.3 Å². The van der Waals surface area contributed by atoms with E-state index in [9.17, 15) is 0 Å². The number of nitriles is 1. The van der Waals surface area contributed by atoms with E-state index in [1.807, 2.05) is 42.5 Å². The minimum absolute atomic E-state index is 0.441. The molecular formula is C18H15N3O. The Morgan fingerprint density at radius 3 is 2.41 bits per heavy atom. The number of imidazole rings is 1. The number of hydrogen-bond acceptors (Lipinski definition) is 3. The number of ether oxygens (including phenoxy) is 1. The van der Waals surface area contributed by atoms with Crippen molar-refractivity contribution in [2.45, 2.75) is 6.61 Å². The maximum atomic E-state index is 8.88. The quantitative estimate of drug-likeness (QED) is 0.795. The highest BCUT2D eigenvalue weighted by Gasteiger charge is 2.13. The second-order valence-electron chi connectivity index (χ2n) is 4.90. The van der Waals surface area contributed by atoms with Gasteiger partial charge in [-0.25, -0.2) is 4.98 Å². The SMILES string of the molecule is COCc1nc(-c2ccc(C#N)cc2)[nH]c1-c1ccccc1. The molecule has 1 heterocycles. The van der Waals surface area contributed by atoms with Gasteiger partial charge in [0.1, 0.15) is 5.82 Å². The van der Waals surface area contributed by atoms with E-state index >= 15 is 0 Å². The number of methoxy groups -OCH3 is 1. The van der Waals surface area contributed by atoms with Crippen LogP contribution < -0.4 is 0 Å². The van der Waals surface area contributed by atoms with E-state index in [4.69, 9.17) is 10.00 Å². The topological polar surface area (TPSA) is 61.7 Å². The summed E-state index contributed by atoms with van der Waals surface area (Å²) >= 11 is 0. The number of aromatic nitrogens is 2. The second kappa shape index (κ2) is 6.25. The molecule has 2 aromatic carbocycles. The lowest BCUT2D eigenvalue weighted by Crippen LogP contribution is -1.91. The van der Waals surface area contributed by atoms with Gasteiger partial charge in [-0.05, 0) is 29.8 Å². The van der Waals surface area contributed by atoms with Crippen molar-refractivity contribution in [2.24, 2.45) is 0 Å². The number of benzene rings is 2. The summed E-state index contributed by atoms with van der Waals surface area (Å²) in [6, 6.07) is 19.5. The first-order chi connectivity index (χ1) is 10.8. The fourth-order valence-corrected chi connectivity index (χ4v) is 2.33. The van der Waals surface area contributed by atoms with Crippen molar-refractivity contribution in [2.75, 3.05) is 7.11 Å². The van der Waals surface area contributed by atoms with Gasteiger partial charge >= 0.3 is 0 Å². The van der Waals surface area contributed by atoms with E-state index in [2.05, 4.69) is 16.0 Å². The molecule has 0 saturated carbocycles. The summed E-state index contributed by atoms with van der Waals surface area (Å²) in [7, 11) is 1.66. The summed E-state index contributed by atoms with van der Waals surface area (Å²) in [5.74, 6) is 0.774. The van der Waals surface area contributed by atoms with Crippen LogP contribution in [0.3, 0.4) is 0 Å². The molecule has 0 saturated heterocycles. The lowest BCUT2D eigenvalue weighted by atomic mass is 10.1. The third-order valence-electron chi connectivity index (χ3n) is 3.41. The van der Waals surface area contributed by atoms with Crippen LogP contribution in [0.15, 0.2) is 54.6 Å². The molecule has 0 atom stereocenters. The Bertz CT molecular complexity index is 799. The molecule has 3 aromatic rings. The highest BCUT2D eigenvalue weighted by molar-refractivity contribution is 5.67. The summed E-state index contributed by atoms with van der Waals surface area (Å²) in [6.45, 7) is 0.441. The van der Waals surface area contributed by atoms with E-state index < -0.39 is 0 Å². The average Bonchev–Trinajstić information content (AvgIpc) is 3.00. The normalized spacial score (nSPS) is 10.4. The Morgan fingerprint density at radius 1 is 1.05 bits per heavy atom. The molecule has 4 heteroatoms. The largest absolute Gasteiger partial charge is 0.378 e. The first-order valence-corrected chi connectivity index (χ1v) is 6.95. The molecule has 0 radical (unpaired) electrons. The van der Waals surface area contributed by atoms with Gasteiger partial charge in [0, 0.05) is 12.7 Å². The molecule has 0 aliphatic rings. The molecule has 0 unspecified atom stereocenters. The summed E-state index contributed by atoms with van der Waals surface area (Å²) in [4.78, 5) is 8.00. The third kappa shape index (κ3) is 2.76. The van der Waals surface area contributed by atoms with Crippen LogP contribution in [0.5, 0.6) is 0 Å². The molecule has 3 rings (SSSR count). The molecule has 0 aliphatic heterocycles. The van der Waals surface area contributed by atoms with Gasteiger partial charge in [0.05, 0.1) is 29.6 Å². The van der Waals surface area contributed by atoms with Crippen LogP contribution in [0, 0.1) is 11.3 Å². The van der Waals surface area contributed by atoms with Crippen molar-refractivity contribution >= 4 is 0 Å². The van der Waals surface area contributed by atoms with Crippen LogP contribution >= 0.6 is 0 Å². The smallest absolute Gasteiger partial charge is 0.138 e. The highest BCUT2D eigenvalue weighted by Crippen LogP contribution is 2.26. The summed E-state index contributed by atoms with van der Waals surface area (Å²) in [5, 5.41) is 8.88. The minimum Gasteiger partial charge on any atom is -0.378 e. The van der Waals surface area contributed by atoms with Crippen molar-refractivity contribution in [3.63, 3.8) is 0 Å². The Balaban J connectivity index is 2.04. The molecule has 1 N–H and O–H groups in total. The molecule has 0 amide bonds. The Kier molecular flexibility index (Phi) is 3.99. The number of rotatable bonds is 4. The molecule has 4 nitrogen and oxygen atoms in total. The van der Waals surface area contributed by atoms with Crippen LogP contribution in [0.4, 0.5) is 0 Å². The minimum atomic E-state index is 0.441. The zero-order valence-electron chi connectivity index (χ0n) is 12.2.